The number of pyridine rings is 1. The number of aromatic nitrogens is 2. The molecule has 10 rings (SSSR count). The Kier molecular flexibility index (Phi) is 14.0. The molecule has 9 aromatic rings. The van der Waals surface area contributed by atoms with Gasteiger partial charge in [-0.1, -0.05) is 174 Å². The van der Waals surface area contributed by atoms with E-state index in [1.165, 1.54) is 55.8 Å². The molecule has 6 heteroatoms. The monoisotopic (exact) mass is 1140 g/mol. The third-order valence-electron chi connectivity index (χ3n) is 14.3. The van der Waals surface area contributed by atoms with Crippen LogP contribution in [0.4, 0.5) is 17.1 Å². The minimum atomic E-state index is -0.0242. The summed E-state index contributed by atoms with van der Waals surface area (Å²) in [5, 5.41) is 2.25. The first-order chi connectivity index (χ1) is 34.2. The second-order valence-electron chi connectivity index (χ2n) is 23.9. The van der Waals surface area contributed by atoms with Crippen LogP contribution in [0, 0.1) is 18.8 Å². The molecule has 0 spiro atoms. The molecule has 0 fully saturated rings. The molecular weight excluding hydrogens is 1070 g/mol. The van der Waals surface area contributed by atoms with E-state index in [-0.39, 0.29) is 42.7 Å². The van der Waals surface area contributed by atoms with Crippen molar-refractivity contribution in [1.82, 2.24) is 9.55 Å². The second-order valence-corrected chi connectivity index (χ2v) is 23.9. The standard InChI is InChI=1S/C67H69N4O.Pt/c1-64(2,3)49-28-27-46(58(39-49)48-36-47(45-20-14-13-15-21-45)37-52(38-48)67(10,11)12)22-19-35-69-44-70(62-40-50(65(4,5)6)29-32-60(62)69)53-23-18-24-54(42-53)72-55-30-31-57-56-25-16-17-26-59(56)71(61(57)43-55)63-41-51(33-34-68-63)66(7,8)9;/h13-18,20-21,23-34,36-41,44H,19,22,35H2,1-12H3;/q-3;. The Balaban J connectivity index is 0.00000656. The Morgan fingerprint density at radius 1 is 0.521 bits per heavy atom. The summed E-state index contributed by atoms with van der Waals surface area (Å²) in [6, 6.07) is 62.6. The molecule has 0 bridgehead atoms. The predicted molar refractivity (Wildman–Crippen MR) is 303 cm³/mol. The maximum Gasteiger partial charge on any atom is 0.135 e. The van der Waals surface area contributed by atoms with E-state index in [1.54, 1.807) is 0 Å². The number of ether oxygens (including phenoxy) is 1. The van der Waals surface area contributed by atoms with E-state index in [0.717, 1.165) is 58.4 Å². The van der Waals surface area contributed by atoms with Crippen LogP contribution in [0.1, 0.15) is 117 Å². The number of rotatable bonds is 10. The minimum absolute atomic E-state index is 0. The molecule has 0 unspecified atom stereocenters. The SMILES string of the molecule is CC(C)(C)c1cc(-c2ccccc2)cc(-c2cc(C(C)(C)C)ccc2CCCN2[CH-]N(c3[c-]c(Oc4[c-]c5c(cc4)c4ccccc4n5-c4cc(C(C)(C)C)ccn4)ccc3)c3cc(C(C)(C)C)ccc32)c1.[Pt]. The van der Waals surface area contributed by atoms with E-state index >= 15 is 0 Å². The predicted octanol–water partition coefficient (Wildman–Crippen LogP) is 17.8. The Hall–Kier alpha value is -6.42. The molecule has 0 aliphatic carbocycles. The molecule has 3 heterocycles. The van der Waals surface area contributed by atoms with Crippen LogP contribution in [0.3, 0.4) is 0 Å². The molecule has 5 nitrogen and oxygen atoms in total. The van der Waals surface area contributed by atoms with Gasteiger partial charge in [0.15, 0.2) is 0 Å². The number of hydrogen-bond donors (Lipinski definition) is 0. The van der Waals surface area contributed by atoms with Gasteiger partial charge in [-0.05, 0) is 133 Å². The first-order valence-corrected chi connectivity index (χ1v) is 25.7. The zero-order valence-corrected chi connectivity index (χ0v) is 47.0. The second kappa shape index (κ2) is 19.8. The zero-order chi connectivity index (χ0) is 50.7. The van der Waals surface area contributed by atoms with Crippen LogP contribution in [0.2, 0.25) is 0 Å². The summed E-state index contributed by atoms with van der Waals surface area (Å²) in [7, 11) is 0. The summed E-state index contributed by atoms with van der Waals surface area (Å²) in [5.41, 5.74) is 16.9. The van der Waals surface area contributed by atoms with Crippen molar-refractivity contribution in [2.45, 2.75) is 118 Å². The van der Waals surface area contributed by atoms with Crippen molar-refractivity contribution in [2.24, 2.45) is 0 Å². The molecule has 1 aliphatic rings. The van der Waals surface area contributed by atoms with E-state index in [9.17, 15) is 0 Å². The number of benzene rings is 7. The number of hydrogen-bond acceptors (Lipinski definition) is 4. The van der Waals surface area contributed by atoms with Crippen molar-refractivity contribution in [3.05, 3.63) is 204 Å². The van der Waals surface area contributed by atoms with Gasteiger partial charge < -0.3 is 19.1 Å². The normalized spacial score (nSPS) is 13.2. The van der Waals surface area contributed by atoms with Crippen LogP contribution < -0.4 is 14.5 Å². The Bertz CT molecular complexity index is 3450. The largest absolute Gasteiger partial charge is 0.509 e. The molecule has 73 heavy (non-hydrogen) atoms. The third-order valence-corrected chi connectivity index (χ3v) is 14.3. The van der Waals surface area contributed by atoms with Crippen LogP contribution in [0.15, 0.2) is 158 Å². The molecule has 0 amide bonds. The Labute approximate surface area is 449 Å². The first-order valence-electron chi connectivity index (χ1n) is 25.7. The first kappa shape index (κ1) is 51.5. The Morgan fingerprint density at radius 3 is 1.92 bits per heavy atom. The smallest absolute Gasteiger partial charge is 0.135 e. The van der Waals surface area contributed by atoms with E-state index < -0.39 is 0 Å². The molecular formula is C67H69N4OPt-3. The Morgan fingerprint density at radius 2 is 1.18 bits per heavy atom. The summed E-state index contributed by atoms with van der Waals surface area (Å²) < 4.78 is 8.90. The van der Waals surface area contributed by atoms with Gasteiger partial charge in [0, 0.05) is 55.7 Å². The van der Waals surface area contributed by atoms with Crippen LogP contribution in [-0.4, -0.2) is 16.1 Å². The van der Waals surface area contributed by atoms with Gasteiger partial charge >= 0.3 is 0 Å². The molecule has 0 radical (unpaired) electrons. The average molecular weight is 1140 g/mol. The van der Waals surface area contributed by atoms with Crippen molar-refractivity contribution < 1.29 is 25.8 Å². The fourth-order valence-electron chi connectivity index (χ4n) is 9.98. The summed E-state index contributed by atoms with van der Waals surface area (Å²) in [5.74, 6) is 2.10. The molecule has 376 valence electrons. The topological polar surface area (TPSA) is 33.5 Å². The summed E-state index contributed by atoms with van der Waals surface area (Å²) >= 11 is 0. The molecule has 0 atom stereocenters. The number of fused-ring (bicyclic) bond motifs is 4. The fourth-order valence-corrected chi connectivity index (χ4v) is 9.98. The van der Waals surface area contributed by atoms with Gasteiger partial charge in [-0.2, -0.15) is 18.8 Å². The maximum absolute atomic E-state index is 6.69. The van der Waals surface area contributed by atoms with E-state index in [1.807, 2.05) is 18.3 Å². The van der Waals surface area contributed by atoms with Crippen molar-refractivity contribution >= 4 is 38.9 Å². The molecule has 2 aromatic heterocycles. The summed E-state index contributed by atoms with van der Waals surface area (Å²) in [4.78, 5) is 9.58. The van der Waals surface area contributed by atoms with Gasteiger partial charge in [0.05, 0.1) is 0 Å². The van der Waals surface area contributed by atoms with Crippen LogP contribution in [0.5, 0.6) is 11.5 Å². The number of nitrogens with zero attached hydrogens (tertiary/aromatic N) is 4. The average Bonchev–Trinajstić information content (AvgIpc) is 3.88. The minimum Gasteiger partial charge on any atom is -0.509 e. The van der Waals surface area contributed by atoms with Gasteiger partial charge in [0.25, 0.3) is 0 Å². The molecule has 0 saturated heterocycles. The van der Waals surface area contributed by atoms with E-state index in [2.05, 4.69) is 256 Å². The van der Waals surface area contributed by atoms with Crippen LogP contribution >= 0.6 is 0 Å². The summed E-state index contributed by atoms with van der Waals surface area (Å²) in [6.07, 6.45) is 3.82. The maximum atomic E-state index is 6.69. The van der Waals surface area contributed by atoms with Crippen LogP contribution in [-0.2, 0) is 49.1 Å². The van der Waals surface area contributed by atoms with Crippen molar-refractivity contribution in [2.75, 3.05) is 16.3 Å². The van der Waals surface area contributed by atoms with E-state index in [4.69, 9.17) is 9.72 Å². The fraction of sp³-hybridized carbons (Fsp3) is 0.284. The van der Waals surface area contributed by atoms with Gasteiger partial charge in [-0.15, -0.1) is 41.4 Å². The molecule has 1 aliphatic heterocycles. The quantitative estimate of drug-likeness (QED) is 0.128. The van der Waals surface area contributed by atoms with Gasteiger partial charge in [-0.3, -0.25) is 0 Å². The van der Waals surface area contributed by atoms with Gasteiger partial charge in [-0.25, -0.2) is 4.98 Å². The van der Waals surface area contributed by atoms with Crippen molar-refractivity contribution in [1.29, 1.82) is 0 Å². The van der Waals surface area contributed by atoms with Gasteiger partial charge in [0.2, 0.25) is 0 Å². The van der Waals surface area contributed by atoms with Crippen LogP contribution in [0.25, 0.3) is 49.9 Å². The van der Waals surface area contributed by atoms with Gasteiger partial charge in [0.1, 0.15) is 5.82 Å². The molecule has 0 N–H and O–H groups in total. The van der Waals surface area contributed by atoms with Crippen molar-refractivity contribution in [3.8, 4) is 39.6 Å². The number of anilines is 3. The molecule has 7 aromatic carbocycles. The summed E-state index contributed by atoms with van der Waals surface area (Å²) in [6.45, 7) is 30.5. The zero-order valence-electron chi connectivity index (χ0n) is 44.7. The third kappa shape index (κ3) is 10.7. The number of para-hydroxylation sites is 1. The van der Waals surface area contributed by atoms with E-state index in [0.29, 0.717) is 11.5 Å². The van der Waals surface area contributed by atoms with Crippen molar-refractivity contribution in [3.63, 3.8) is 0 Å². The number of aryl methyl sites for hydroxylation is 1. The molecule has 0 saturated carbocycles.